The Hall–Kier alpha value is -2.11. The predicted octanol–water partition coefficient (Wildman–Crippen LogP) is 1.50. The van der Waals surface area contributed by atoms with Gasteiger partial charge in [-0.05, 0) is 12.5 Å². The number of carbonyl (C=O) groups excluding carboxylic acids is 1. The summed E-state index contributed by atoms with van der Waals surface area (Å²) in [6.07, 6.45) is 0.864. The van der Waals surface area contributed by atoms with E-state index in [1.807, 2.05) is 0 Å². The molecule has 0 heterocycles. The predicted molar refractivity (Wildman–Crippen MR) is 61.9 cm³/mol. The van der Waals surface area contributed by atoms with E-state index >= 15 is 0 Å². The minimum atomic E-state index is -0.492. The number of carbonyl (C=O) groups is 1. The molecule has 0 aliphatic carbocycles. The van der Waals surface area contributed by atoms with Crippen molar-refractivity contribution in [1.82, 2.24) is 5.32 Å². The number of nitrogens with zero attached hydrogens (tertiary/aromatic N) is 1. The molecule has 0 saturated heterocycles. The first-order valence-electron chi connectivity index (χ1n) is 5.22. The van der Waals surface area contributed by atoms with Crippen molar-refractivity contribution >= 4 is 11.6 Å². The molecule has 1 amide bonds. The van der Waals surface area contributed by atoms with Crippen LogP contribution >= 0.6 is 0 Å². The van der Waals surface area contributed by atoms with Gasteiger partial charge in [0.15, 0.2) is 5.75 Å². The van der Waals surface area contributed by atoms with Crippen molar-refractivity contribution in [1.29, 1.82) is 0 Å². The van der Waals surface area contributed by atoms with Crippen molar-refractivity contribution in [2.45, 2.75) is 12.8 Å². The quantitative estimate of drug-likeness (QED) is 0.462. The van der Waals surface area contributed by atoms with Crippen LogP contribution in [0.4, 0.5) is 5.69 Å². The van der Waals surface area contributed by atoms with Gasteiger partial charge in [-0.1, -0.05) is 12.1 Å². The average molecular weight is 238 g/mol. The molecule has 0 radical (unpaired) electrons. The van der Waals surface area contributed by atoms with Crippen LogP contribution in [-0.2, 0) is 4.79 Å². The molecule has 92 valence electrons. The summed E-state index contributed by atoms with van der Waals surface area (Å²) in [5, 5.41) is 13.2. The van der Waals surface area contributed by atoms with Crippen molar-refractivity contribution in [2.75, 3.05) is 13.7 Å². The number of nitrogens with one attached hydrogen (secondary N) is 1. The monoisotopic (exact) mass is 238 g/mol. The Morgan fingerprint density at radius 2 is 2.18 bits per heavy atom. The lowest BCUT2D eigenvalue weighted by Gasteiger charge is -2.05. The van der Waals surface area contributed by atoms with Crippen LogP contribution < -0.4 is 10.1 Å². The second-order valence-electron chi connectivity index (χ2n) is 3.35. The minimum absolute atomic E-state index is 0.0626. The van der Waals surface area contributed by atoms with Gasteiger partial charge >= 0.3 is 5.69 Å². The first-order chi connectivity index (χ1) is 8.15. The summed E-state index contributed by atoms with van der Waals surface area (Å²) < 4.78 is 5.27. The fraction of sp³-hybridized carbons (Fsp3) is 0.364. The summed E-state index contributed by atoms with van der Waals surface area (Å²) in [6, 6.07) is 6.17. The molecule has 0 atom stereocenters. The molecule has 0 aliphatic heterocycles. The highest BCUT2D eigenvalue weighted by atomic mass is 16.6. The molecular formula is C11H14N2O4. The van der Waals surface area contributed by atoms with E-state index in [1.165, 1.54) is 12.1 Å². The van der Waals surface area contributed by atoms with Crippen LogP contribution in [0.3, 0.4) is 0 Å². The fourth-order valence-corrected chi connectivity index (χ4v) is 1.27. The summed E-state index contributed by atoms with van der Waals surface area (Å²) in [7, 11) is 1.56. The first-order valence-corrected chi connectivity index (χ1v) is 5.22. The van der Waals surface area contributed by atoms with Crippen LogP contribution in [0.15, 0.2) is 24.3 Å². The van der Waals surface area contributed by atoms with Gasteiger partial charge in [-0.15, -0.1) is 0 Å². The Labute approximate surface area is 98.7 Å². The smallest absolute Gasteiger partial charge is 0.310 e. The molecule has 0 bridgehead atoms. The molecular weight excluding hydrogens is 224 g/mol. The van der Waals surface area contributed by atoms with Crippen LogP contribution in [0.25, 0.3) is 0 Å². The molecule has 17 heavy (non-hydrogen) atoms. The van der Waals surface area contributed by atoms with Crippen molar-refractivity contribution in [3.8, 4) is 5.75 Å². The van der Waals surface area contributed by atoms with E-state index < -0.39 is 4.92 Å². The molecule has 6 nitrogen and oxygen atoms in total. The number of benzene rings is 1. The number of rotatable bonds is 6. The molecule has 0 aromatic heterocycles. The van der Waals surface area contributed by atoms with E-state index in [0.29, 0.717) is 12.8 Å². The normalized spacial score (nSPS) is 9.71. The molecule has 1 aromatic rings. The number of ether oxygens (including phenoxy) is 1. The van der Waals surface area contributed by atoms with E-state index in [9.17, 15) is 14.9 Å². The molecule has 1 aromatic carbocycles. The van der Waals surface area contributed by atoms with E-state index in [0.717, 1.165) is 0 Å². The maximum atomic E-state index is 10.9. The maximum Gasteiger partial charge on any atom is 0.310 e. The lowest BCUT2D eigenvalue weighted by molar-refractivity contribution is -0.385. The van der Waals surface area contributed by atoms with Gasteiger partial charge in [-0.25, -0.2) is 0 Å². The second kappa shape index (κ2) is 6.47. The van der Waals surface area contributed by atoms with Gasteiger partial charge in [0.2, 0.25) is 5.91 Å². The zero-order valence-corrected chi connectivity index (χ0v) is 9.51. The molecule has 0 saturated carbocycles. The van der Waals surface area contributed by atoms with E-state index in [2.05, 4.69) is 5.32 Å². The third-order valence-corrected chi connectivity index (χ3v) is 2.15. The second-order valence-corrected chi connectivity index (χ2v) is 3.35. The Kier molecular flexibility index (Phi) is 4.93. The van der Waals surface area contributed by atoms with Gasteiger partial charge in [0.05, 0.1) is 11.5 Å². The SMILES string of the molecule is CNC(=O)CCCOc1ccccc1[N+](=O)[O-]. The lowest BCUT2D eigenvalue weighted by Crippen LogP contribution is -2.18. The summed E-state index contributed by atoms with van der Waals surface area (Å²) in [5.41, 5.74) is -0.0626. The van der Waals surface area contributed by atoms with Crippen LogP contribution in [0, 0.1) is 10.1 Å². The Morgan fingerprint density at radius 3 is 2.82 bits per heavy atom. The standard InChI is InChI=1S/C11H14N2O4/c1-12-11(14)7-4-8-17-10-6-3-2-5-9(10)13(15)16/h2-3,5-6H,4,7-8H2,1H3,(H,12,14). The van der Waals surface area contributed by atoms with Crippen LogP contribution in [0.1, 0.15) is 12.8 Å². The van der Waals surface area contributed by atoms with Gasteiger partial charge in [-0.3, -0.25) is 14.9 Å². The van der Waals surface area contributed by atoms with Crippen LogP contribution in [0.2, 0.25) is 0 Å². The number of amides is 1. The highest BCUT2D eigenvalue weighted by molar-refractivity contribution is 5.75. The van der Waals surface area contributed by atoms with Crippen LogP contribution in [-0.4, -0.2) is 24.5 Å². The van der Waals surface area contributed by atoms with Crippen molar-refractivity contribution in [3.63, 3.8) is 0 Å². The zero-order valence-electron chi connectivity index (χ0n) is 9.51. The van der Waals surface area contributed by atoms with Crippen molar-refractivity contribution in [3.05, 3.63) is 34.4 Å². The van der Waals surface area contributed by atoms with E-state index in [-0.39, 0.29) is 24.0 Å². The maximum absolute atomic E-state index is 10.9. The van der Waals surface area contributed by atoms with Gasteiger partial charge in [-0.2, -0.15) is 0 Å². The summed E-state index contributed by atoms with van der Waals surface area (Å²) in [4.78, 5) is 21.1. The first kappa shape index (κ1) is 13.0. The topological polar surface area (TPSA) is 81.5 Å². The third kappa shape index (κ3) is 4.10. The lowest BCUT2D eigenvalue weighted by atomic mass is 10.3. The fourth-order valence-electron chi connectivity index (χ4n) is 1.27. The van der Waals surface area contributed by atoms with Crippen molar-refractivity contribution in [2.24, 2.45) is 0 Å². The highest BCUT2D eigenvalue weighted by Gasteiger charge is 2.13. The summed E-state index contributed by atoms with van der Waals surface area (Å²) in [6.45, 7) is 0.276. The Morgan fingerprint density at radius 1 is 1.47 bits per heavy atom. The molecule has 6 heteroatoms. The molecule has 1 rings (SSSR count). The number of nitro benzene ring substituents is 1. The van der Waals surface area contributed by atoms with E-state index in [1.54, 1.807) is 19.2 Å². The van der Waals surface area contributed by atoms with Crippen molar-refractivity contribution < 1.29 is 14.5 Å². The third-order valence-electron chi connectivity index (χ3n) is 2.15. The largest absolute Gasteiger partial charge is 0.487 e. The Bertz CT molecular complexity index is 406. The Balaban J connectivity index is 2.46. The number of hydrogen-bond acceptors (Lipinski definition) is 4. The number of para-hydroxylation sites is 2. The van der Waals surface area contributed by atoms with E-state index in [4.69, 9.17) is 4.74 Å². The number of hydrogen-bond donors (Lipinski definition) is 1. The van der Waals surface area contributed by atoms with Gasteiger partial charge in [0.1, 0.15) is 0 Å². The van der Waals surface area contributed by atoms with Gasteiger partial charge in [0.25, 0.3) is 0 Å². The molecule has 0 spiro atoms. The average Bonchev–Trinajstić information content (AvgIpc) is 2.34. The summed E-state index contributed by atoms with van der Waals surface area (Å²) in [5.74, 6) is 0.158. The molecule has 0 fully saturated rings. The zero-order chi connectivity index (χ0) is 12.7. The van der Waals surface area contributed by atoms with Crippen LogP contribution in [0.5, 0.6) is 5.75 Å². The molecule has 0 aliphatic rings. The highest BCUT2D eigenvalue weighted by Crippen LogP contribution is 2.25. The molecule has 1 N–H and O–H groups in total. The number of nitro groups is 1. The minimum Gasteiger partial charge on any atom is -0.487 e. The molecule has 0 unspecified atom stereocenters. The van der Waals surface area contributed by atoms with Gasteiger partial charge < -0.3 is 10.1 Å². The summed E-state index contributed by atoms with van der Waals surface area (Å²) >= 11 is 0. The van der Waals surface area contributed by atoms with Gasteiger partial charge in [0, 0.05) is 19.5 Å².